The van der Waals surface area contributed by atoms with Gasteiger partial charge in [0.1, 0.15) is 24.7 Å². The van der Waals surface area contributed by atoms with Crippen molar-refractivity contribution in [3.05, 3.63) is 69.9 Å². The van der Waals surface area contributed by atoms with Crippen LogP contribution >= 0.6 is 0 Å². The number of carbonyl (C=O) groups is 3. The van der Waals surface area contributed by atoms with Gasteiger partial charge in [-0.25, -0.2) is 0 Å². The number of hydrogen-bond donors (Lipinski definition) is 0. The summed E-state index contributed by atoms with van der Waals surface area (Å²) in [5.74, 6) is 0.231. The Morgan fingerprint density at radius 2 is 1.71 bits per heavy atom. The molecule has 178 valence electrons. The van der Waals surface area contributed by atoms with E-state index in [1.165, 1.54) is 0 Å². The molecule has 0 aromatic heterocycles. The van der Waals surface area contributed by atoms with Crippen LogP contribution in [0.15, 0.2) is 42.5 Å². The van der Waals surface area contributed by atoms with E-state index in [0.29, 0.717) is 56.9 Å². The number of quaternary nitrogens is 1. The first-order valence-electron chi connectivity index (χ1n) is 12.2. The minimum atomic E-state index is -0.537. The summed E-state index contributed by atoms with van der Waals surface area (Å²) >= 11 is 0. The first-order chi connectivity index (χ1) is 16.4. The summed E-state index contributed by atoms with van der Waals surface area (Å²) in [6.07, 6.45) is 3.80. The zero-order valence-electron chi connectivity index (χ0n) is 19.3. The van der Waals surface area contributed by atoms with Gasteiger partial charge in [-0.15, -0.1) is 0 Å². The fraction of sp³-hybridized carbons (Fsp3) is 0.444. The van der Waals surface area contributed by atoms with Crippen LogP contribution in [0, 0.1) is 5.21 Å². The summed E-state index contributed by atoms with van der Waals surface area (Å²) in [6.45, 7) is 2.57. The maximum Gasteiger partial charge on any atom is 0.255 e. The van der Waals surface area contributed by atoms with Crippen molar-refractivity contribution in [2.45, 2.75) is 64.3 Å². The van der Waals surface area contributed by atoms with Crippen LogP contribution in [0.3, 0.4) is 0 Å². The minimum absolute atomic E-state index is 0.0523. The van der Waals surface area contributed by atoms with Gasteiger partial charge in [-0.05, 0) is 43.4 Å². The predicted octanol–water partition coefficient (Wildman–Crippen LogP) is 3.91. The lowest BCUT2D eigenvalue weighted by atomic mass is 9.92. The highest BCUT2D eigenvalue weighted by Crippen LogP contribution is 2.34. The number of nitrogens with zero attached hydrogens (tertiary/aromatic N) is 2. The number of ether oxygens (including phenoxy) is 1. The Kier molecular flexibility index (Phi) is 6.23. The summed E-state index contributed by atoms with van der Waals surface area (Å²) in [5, 5.41) is 12.8. The molecule has 5 rings (SSSR count). The van der Waals surface area contributed by atoms with Crippen LogP contribution < -0.4 is 4.74 Å². The number of piperidine rings is 1. The number of amides is 1. The molecule has 1 atom stereocenters. The molecular formula is C27H30N2O5. The van der Waals surface area contributed by atoms with E-state index in [4.69, 9.17) is 4.74 Å². The van der Waals surface area contributed by atoms with E-state index in [2.05, 4.69) is 0 Å². The van der Waals surface area contributed by atoms with Crippen molar-refractivity contribution >= 4 is 17.5 Å². The largest absolute Gasteiger partial charge is 0.633 e. The van der Waals surface area contributed by atoms with Crippen LogP contribution in [0.1, 0.15) is 65.6 Å². The molecule has 1 aliphatic carbocycles. The Hall–Kier alpha value is -3.03. The minimum Gasteiger partial charge on any atom is -0.633 e. The van der Waals surface area contributed by atoms with Gasteiger partial charge in [-0.2, -0.15) is 0 Å². The maximum atomic E-state index is 13.0. The van der Waals surface area contributed by atoms with Gasteiger partial charge in [0.2, 0.25) is 0 Å². The van der Waals surface area contributed by atoms with E-state index >= 15 is 0 Å². The number of benzene rings is 2. The lowest BCUT2D eigenvalue weighted by Crippen LogP contribution is -2.45. The van der Waals surface area contributed by atoms with E-state index in [1.54, 1.807) is 17.0 Å². The first kappa shape index (κ1) is 22.7. The average Bonchev–Trinajstić information content (AvgIpc) is 3.16. The predicted molar refractivity (Wildman–Crippen MR) is 126 cm³/mol. The Bertz CT molecular complexity index is 1100. The quantitative estimate of drug-likeness (QED) is 0.369. The highest BCUT2D eigenvalue weighted by Gasteiger charge is 2.40. The van der Waals surface area contributed by atoms with Gasteiger partial charge in [0.05, 0.1) is 32.1 Å². The molecule has 2 aliphatic heterocycles. The van der Waals surface area contributed by atoms with Crippen molar-refractivity contribution in [1.82, 2.24) is 4.90 Å². The molecule has 2 aromatic rings. The normalized spacial score (nSPS) is 22.1. The topological polar surface area (TPSA) is 86.7 Å². The van der Waals surface area contributed by atoms with Crippen molar-refractivity contribution in [3.8, 4) is 5.75 Å². The fourth-order valence-corrected chi connectivity index (χ4v) is 5.38. The molecule has 1 saturated carbocycles. The number of rotatable bonds is 6. The van der Waals surface area contributed by atoms with Gasteiger partial charge in [0.25, 0.3) is 5.91 Å². The summed E-state index contributed by atoms with van der Waals surface area (Å²) < 4.78 is 5.96. The van der Waals surface area contributed by atoms with Gasteiger partial charge in [-0.1, -0.05) is 30.3 Å². The first-order valence-corrected chi connectivity index (χ1v) is 12.2. The van der Waals surface area contributed by atoms with Gasteiger partial charge in [-0.3, -0.25) is 14.4 Å². The Balaban J connectivity index is 1.24. The van der Waals surface area contributed by atoms with E-state index in [1.807, 2.05) is 30.3 Å². The van der Waals surface area contributed by atoms with Crippen LogP contribution in [0.4, 0.5) is 0 Å². The molecule has 0 N–H and O–H groups in total. The molecule has 7 nitrogen and oxygen atoms in total. The zero-order chi connectivity index (χ0) is 23.7. The van der Waals surface area contributed by atoms with Gasteiger partial charge in [0, 0.05) is 23.1 Å². The molecule has 0 spiro atoms. The van der Waals surface area contributed by atoms with Crippen molar-refractivity contribution < 1.29 is 23.8 Å². The number of hydrogen-bond acceptors (Lipinski definition) is 5. The summed E-state index contributed by atoms with van der Waals surface area (Å²) in [4.78, 5) is 38.5. The van der Waals surface area contributed by atoms with Crippen LogP contribution in [0.2, 0.25) is 0 Å². The molecule has 7 heteroatoms. The zero-order valence-corrected chi connectivity index (χ0v) is 19.3. The van der Waals surface area contributed by atoms with E-state index in [0.717, 1.165) is 36.0 Å². The highest BCUT2D eigenvalue weighted by molar-refractivity contribution is 6.07. The Labute approximate surface area is 199 Å². The lowest BCUT2D eigenvalue weighted by molar-refractivity contribution is -0.898. The lowest BCUT2D eigenvalue weighted by Gasteiger charge is -2.45. The number of Topliss-reactive ketones (excluding diaryl/α,β-unsaturated/α-hetero) is 2. The number of ketones is 2. The highest BCUT2D eigenvalue weighted by atomic mass is 16.5. The molecule has 34 heavy (non-hydrogen) atoms. The second-order valence-corrected chi connectivity index (χ2v) is 9.78. The molecule has 0 bridgehead atoms. The van der Waals surface area contributed by atoms with Crippen molar-refractivity contribution in [2.24, 2.45) is 0 Å². The average molecular weight is 463 g/mol. The van der Waals surface area contributed by atoms with Crippen LogP contribution in [-0.2, 0) is 29.3 Å². The SMILES string of the molecule is O=C1CCC(N2Cc3c(OCc4ccc(C[N+]5([O-])CCCCC5)cc4)cccc3C2=O)C(=O)C1. The molecule has 2 heterocycles. The number of hydroxylamine groups is 3. The fourth-order valence-electron chi connectivity index (χ4n) is 5.38. The Morgan fingerprint density at radius 1 is 0.971 bits per heavy atom. The van der Waals surface area contributed by atoms with E-state index < -0.39 is 6.04 Å². The van der Waals surface area contributed by atoms with Crippen molar-refractivity contribution in [3.63, 3.8) is 0 Å². The van der Waals surface area contributed by atoms with Gasteiger partial charge < -0.3 is 19.5 Å². The molecule has 2 fully saturated rings. The maximum absolute atomic E-state index is 13.0. The third-order valence-corrected chi connectivity index (χ3v) is 7.29. The van der Waals surface area contributed by atoms with E-state index in [-0.39, 0.29) is 28.5 Å². The molecule has 3 aliphatic rings. The van der Waals surface area contributed by atoms with Crippen LogP contribution in [0.25, 0.3) is 0 Å². The van der Waals surface area contributed by atoms with Crippen LogP contribution in [-0.4, -0.2) is 46.2 Å². The second kappa shape index (κ2) is 9.31. The molecule has 1 amide bonds. The number of fused-ring (bicyclic) bond motifs is 1. The number of carbonyl (C=O) groups excluding carboxylic acids is 3. The molecule has 2 aromatic carbocycles. The van der Waals surface area contributed by atoms with Crippen molar-refractivity contribution in [2.75, 3.05) is 13.1 Å². The molecule has 1 saturated heterocycles. The summed E-state index contributed by atoms with van der Waals surface area (Å²) in [6, 6.07) is 12.8. The number of likely N-dealkylation sites (tertiary alicyclic amines) is 1. The molecule has 1 unspecified atom stereocenters. The van der Waals surface area contributed by atoms with Gasteiger partial charge >= 0.3 is 0 Å². The van der Waals surface area contributed by atoms with Crippen molar-refractivity contribution in [1.29, 1.82) is 0 Å². The smallest absolute Gasteiger partial charge is 0.255 e. The standard InChI is InChI=1S/C27H30N2O5/c30-21-11-12-24(25(31)15-21)28-16-23-22(27(28)32)5-4-6-26(23)34-18-20-9-7-19(8-10-20)17-29(33)13-2-1-3-14-29/h4-10,24H,1-3,11-18H2. The second-order valence-electron chi connectivity index (χ2n) is 9.78. The van der Waals surface area contributed by atoms with Crippen LogP contribution in [0.5, 0.6) is 5.75 Å². The summed E-state index contributed by atoms with van der Waals surface area (Å²) in [5.41, 5.74) is 3.37. The molecule has 0 radical (unpaired) electrons. The third-order valence-electron chi connectivity index (χ3n) is 7.29. The third kappa shape index (κ3) is 4.63. The Morgan fingerprint density at radius 3 is 2.44 bits per heavy atom. The monoisotopic (exact) mass is 462 g/mol. The summed E-state index contributed by atoms with van der Waals surface area (Å²) in [7, 11) is 0. The van der Waals surface area contributed by atoms with Gasteiger partial charge in [0.15, 0.2) is 5.78 Å². The molecular weight excluding hydrogens is 432 g/mol. The van der Waals surface area contributed by atoms with E-state index in [9.17, 15) is 19.6 Å².